The number of likely N-dealkylation sites (tertiary alicyclic amines) is 1. The summed E-state index contributed by atoms with van der Waals surface area (Å²) >= 11 is 0. The van der Waals surface area contributed by atoms with Crippen LogP contribution < -0.4 is 0 Å². The number of carbonyl (C=O) groups is 1. The van der Waals surface area contributed by atoms with Crippen molar-refractivity contribution in [1.82, 2.24) is 19.8 Å². The SMILES string of the molecule is CN(CC1(O)CCN(Cc2ccccc2)C1)C(=O)Cc1c[nH]c2cnccc12. The molecule has 1 unspecified atom stereocenters. The van der Waals surface area contributed by atoms with Gasteiger partial charge in [0.05, 0.1) is 30.3 Å². The first-order valence-electron chi connectivity index (χ1n) is 9.65. The number of fused-ring (bicyclic) bond motifs is 1. The standard InChI is InChI=1S/C22H26N4O2/c1-25(21(27)11-18-12-24-20-13-23-9-7-19(18)20)15-22(28)8-10-26(16-22)14-17-5-3-2-4-6-17/h2-7,9,12-13,24,28H,8,10-11,14-16H2,1H3. The highest BCUT2D eigenvalue weighted by Crippen LogP contribution is 2.24. The highest BCUT2D eigenvalue weighted by Gasteiger charge is 2.37. The molecule has 0 spiro atoms. The number of H-pyrrole nitrogens is 1. The Morgan fingerprint density at radius 2 is 2.14 bits per heavy atom. The highest BCUT2D eigenvalue weighted by molar-refractivity contribution is 5.88. The van der Waals surface area contributed by atoms with E-state index in [1.807, 2.05) is 30.5 Å². The van der Waals surface area contributed by atoms with Crippen LogP contribution in [0, 0.1) is 0 Å². The van der Waals surface area contributed by atoms with Gasteiger partial charge in [0.25, 0.3) is 0 Å². The number of β-amino-alcohol motifs (C(OH)–C–C–N with tert-alkyl or cyclic N) is 1. The van der Waals surface area contributed by atoms with Gasteiger partial charge in [-0.2, -0.15) is 0 Å². The molecule has 3 aromatic rings. The quantitative estimate of drug-likeness (QED) is 0.690. The summed E-state index contributed by atoms with van der Waals surface area (Å²) in [7, 11) is 1.77. The molecule has 1 fully saturated rings. The fraction of sp³-hybridized carbons (Fsp3) is 0.364. The minimum atomic E-state index is -0.858. The molecule has 6 nitrogen and oxygen atoms in total. The van der Waals surface area contributed by atoms with Crippen LogP contribution in [0.3, 0.4) is 0 Å². The van der Waals surface area contributed by atoms with E-state index in [0.29, 0.717) is 25.9 Å². The van der Waals surface area contributed by atoms with Crippen LogP contribution in [0.5, 0.6) is 0 Å². The van der Waals surface area contributed by atoms with E-state index in [1.54, 1.807) is 24.3 Å². The highest BCUT2D eigenvalue weighted by atomic mass is 16.3. The second-order valence-electron chi connectivity index (χ2n) is 7.83. The van der Waals surface area contributed by atoms with Gasteiger partial charge in [0.15, 0.2) is 0 Å². The molecule has 6 heteroatoms. The number of amides is 1. The molecule has 146 valence electrons. The van der Waals surface area contributed by atoms with Crippen molar-refractivity contribution in [3.63, 3.8) is 0 Å². The van der Waals surface area contributed by atoms with Crippen LogP contribution in [0.15, 0.2) is 55.0 Å². The van der Waals surface area contributed by atoms with E-state index in [1.165, 1.54) is 5.56 Å². The number of aromatic nitrogens is 2. The molecule has 2 aromatic heterocycles. The van der Waals surface area contributed by atoms with Gasteiger partial charge < -0.3 is 15.0 Å². The summed E-state index contributed by atoms with van der Waals surface area (Å²) in [5, 5.41) is 12.0. The summed E-state index contributed by atoms with van der Waals surface area (Å²) in [5.74, 6) is 0.00708. The van der Waals surface area contributed by atoms with E-state index >= 15 is 0 Å². The third kappa shape index (κ3) is 4.08. The fourth-order valence-corrected chi connectivity index (χ4v) is 4.05. The number of aliphatic hydroxyl groups is 1. The van der Waals surface area contributed by atoms with Crippen molar-refractivity contribution in [2.24, 2.45) is 0 Å². The second-order valence-corrected chi connectivity index (χ2v) is 7.83. The summed E-state index contributed by atoms with van der Waals surface area (Å²) in [5.41, 5.74) is 2.27. The van der Waals surface area contributed by atoms with Crippen LogP contribution in [0.1, 0.15) is 17.5 Å². The Morgan fingerprint density at radius 3 is 2.96 bits per heavy atom. The Bertz CT molecular complexity index is 955. The zero-order chi connectivity index (χ0) is 19.6. The van der Waals surface area contributed by atoms with Gasteiger partial charge in [-0.3, -0.25) is 14.7 Å². The number of rotatable bonds is 6. The van der Waals surface area contributed by atoms with Gasteiger partial charge in [-0.05, 0) is 23.6 Å². The number of benzene rings is 1. The molecule has 1 saturated heterocycles. The number of nitrogens with zero attached hydrogens (tertiary/aromatic N) is 3. The topological polar surface area (TPSA) is 72.5 Å². The van der Waals surface area contributed by atoms with Crippen molar-refractivity contribution in [2.75, 3.05) is 26.7 Å². The number of nitrogens with one attached hydrogen (secondary N) is 1. The molecule has 2 N–H and O–H groups in total. The third-order valence-electron chi connectivity index (χ3n) is 5.53. The van der Waals surface area contributed by atoms with Crippen molar-refractivity contribution < 1.29 is 9.90 Å². The smallest absolute Gasteiger partial charge is 0.226 e. The van der Waals surface area contributed by atoms with Gasteiger partial charge >= 0.3 is 0 Å². The molecule has 28 heavy (non-hydrogen) atoms. The van der Waals surface area contributed by atoms with E-state index < -0.39 is 5.60 Å². The Morgan fingerprint density at radius 1 is 1.32 bits per heavy atom. The van der Waals surface area contributed by atoms with Crippen LogP contribution in [0.4, 0.5) is 0 Å². The molecule has 0 saturated carbocycles. The van der Waals surface area contributed by atoms with E-state index in [9.17, 15) is 9.90 Å². The molecular formula is C22H26N4O2. The van der Waals surface area contributed by atoms with Gasteiger partial charge in [-0.15, -0.1) is 0 Å². The molecule has 1 atom stereocenters. The predicted octanol–water partition coefficient (Wildman–Crippen LogP) is 2.20. The maximum atomic E-state index is 12.7. The average Bonchev–Trinajstić information content (AvgIpc) is 3.26. The number of pyridine rings is 1. The van der Waals surface area contributed by atoms with E-state index in [2.05, 4.69) is 27.0 Å². The lowest BCUT2D eigenvalue weighted by Crippen LogP contribution is -2.46. The van der Waals surface area contributed by atoms with E-state index in [0.717, 1.165) is 29.6 Å². The maximum absolute atomic E-state index is 12.7. The van der Waals surface area contributed by atoms with Crippen molar-refractivity contribution in [3.05, 3.63) is 66.1 Å². The molecule has 4 rings (SSSR count). The van der Waals surface area contributed by atoms with Gasteiger partial charge in [0.1, 0.15) is 0 Å². The molecular weight excluding hydrogens is 352 g/mol. The van der Waals surface area contributed by atoms with Crippen molar-refractivity contribution in [3.8, 4) is 0 Å². The molecule has 1 amide bonds. The molecule has 3 heterocycles. The lowest BCUT2D eigenvalue weighted by molar-refractivity contribution is -0.132. The summed E-state index contributed by atoms with van der Waals surface area (Å²) in [6.07, 6.45) is 6.34. The molecule has 1 aliphatic heterocycles. The molecule has 0 bridgehead atoms. The lowest BCUT2D eigenvalue weighted by atomic mass is 10.0. The van der Waals surface area contributed by atoms with Crippen molar-refractivity contribution >= 4 is 16.8 Å². The Labute approximate surface area is 164 Å². The molecule has 0 radical (unpaired) electrons. The summed E-state index contributed by atoms with van der Waals surface area (Å²) in [4.78, 5) is 23.9. The minimum absolute atomic E-state index is 0.00708. The summed E-state index contributed by atoms with van der Waals surface area (Å²) in [6, 6.07) is 12.2. The Kier molecular flexibility index (Phi) is 5.15. The normalized spacial score (nSPS) is 19.9. The van der Waals surface area contributed by atoms with Crippen molar-refractivity contribution in [1.29, 1.82) is 0 Å². The van der Waals surface area contributed by atoms with Gasteiger partial charge in [0, 0.05) is 44.5 Å². The predicted molar refractivity (Wildman–Crippen MR) is 109 cm³/mol. The fourth-order valence-electron chi connectivity index (χ4n) is 4.05. The molecule has 0 aliphatic carbocycles. The summed E-state index contributed by atoms with van der Waals surface area (Å²) < 4.78 is 0. The zero-order valence-corrected chi connectivity index (χ0v) is 16.1. The number of likely N-dealkylation sites (N-methyl/N-ethyl adjacent to an activating group) is 1. The number of carbonyl (C=O) groups excluding carboxylic acids is 1. The first-order valence-corrected chi connectivity index (χ1v) is 9.65. The monoisotopic (exact) mass is 378 g/mol. The van der Waals surface area contributed by atoms with Crippen LogP contribution in [-0.4, -0.2) is 63.1 Å². The zero-order valence-electron chi connectivity index (χ0n) is 16.1. The minimum Gasteiger partial charge on any atom is -0.387 e. The van der Waals surface area contributed by atoms with Crippen LogP contribution in [0.25, 0.3) is 10.9 Å². The average molecular weight is 378 g/mol. The maximum Gasteiger partial charge on any atom is 0.226 e. The van der Waals surface area contributed by atoms with Gasteiger partial charge in [-0.1, -0.05) is 30.3 Å². The lowest BCUT2D eigenvalue weighted by Gasteiger charge is -2.29. The number of hydrogen-bond donors (Lipinski definition) is 2. The number of aromatic amines is 1. The molecule has 1 aromatic carbocycles. The van der Waals surface area contributed by atoms with Crippen LogP contribution >= 0.6 is 0 Å². The Hall–Kier alpha value is -2.70. The second kappa shape index (κ2) is 7.73. The van der Waals surface area contributed by atoms with E-state index in [-0.39, 0.29) is 5.91 Å². The van der Waals surface area contributed by atoms with Crippen molar-refractivity contribution in [2.45, 2.75) is 25.0 Å². The largest absolute Gasteiger partial charge is 0.387 e. The van der Waals surface area contributed by atoms with Crippen LogP contribution in [-0.2, 0) is 17.8 Å². The summed E-state index contributed by atoms with van der Waals surface area (Å²) in [6.45, 7) is 2.59. The van der Waals surface area contributed by atoms with Gasteiger partial charge in [0.2, 0.25) is 5.91 Å². The van der Waals surface area contributed by atoms with Crippen LogP contribution in [0.2, 0.25) is 0 Å². The number of hydrogen-bond acceptors (Lipinski definition) is 4. The van der Waals surface area contributed by atoms with E-state index in [4.69, 9.17) is 0 Å². The first-order chi connectivity index (χ1) is 13.5. The first kappa shape index (κ1) is 18.7. The van der Waals surface area contributed by atoms with Gasteiger partial charge in [-0.25, -0.2) is 0 Å². The Balaban J connectivity index is 1.35. The third-order valence-corrected chi connectivity index (χ3v) is 5.53. The molecule has 1 aliphatic rings.